The molecule has 0 N–H and O–H groups in total. The molecule has 1 aliphatic heterocycles. The summed E-state index contributed by atoms with van der Waals surface area (Å²) in [6.45, 7) is 7.61. The van der Waals surface area contributed by atoms with E-state index in [1.165, 1.54) is 0 Å². The first-order valence-corrected chi connectivity index (χ1v) is 8.18. The minimum atomic E-state index is 0.720. The molecule has 2 aromatic heterocycles. The van der Waals surface area contributed by atoms with E-state index in [9.17, 15) is 0 Å². The van der Waals surface area contributed by atoms with E-state index in [-0.39, 0.29) is 0 Å². The van der Waals surface area contributed by atoms with Crippen LogP contribution in [0, 0.1) is 13.8 Å². The number of aryl methyl sites for hydroxylation is 2. The predicted molar refractivity (Wildman–Crippen MR) is 87.8 cm³/mol. The van der Waals surface area contributed by atoms with Crippen LogP contribution in [0.15, 0.2) is 22.6 Å². The molecule has 0 aliphatic carbocycles. The Morgan fingerprint density at radius 3 is 2.50 bits per heavy atom. The average molecular weight is 315 g/mol. The number of fused-ring (bicyclic) bond motifs is 1. The molecule has 7 heteroatoms. The molecular weight excluding hydrogens is 298 g/mol. The van der Waals surface area contributed by atoms with Gasteiger partial charge in [-0.05, 0) is 25.5 Å². The Bertz CT molecular complexity index is 803. The molecule has 3 heterocycles. The van der Waals surface area contributed by atoms with Crippen LogP contribution in [0.1, 0.15) is 10.6 Å². The van der Waals surface area contributed by atoms with Crippen LogP contribution in [-0.4, -0.2) is 41.4 Å². The maximum Gasteiger partial charge on any atom is 0.298 e. The zero-order valence-corrected chi connectivity index (χ0v) is 13.4. The Balaban J connectivity index is 1.51. The molecule has 0 atom stereocenters. The highest BCUT2D eigenvalue weighted by Crippen LogP contribution is 2.26. The largest absolute Gasteiger partial charge is 0.423 e. The minimum absolute atomic E-state index is 0.720. The number of rotatable bonds is 2. The molecule has 0 bridgehead atoms. The molecule has 1 aromatic carbocycles. The second-order valence-corrected chi connectivity index (χ2v) is 6.66. The normalized spacial score (nSPS) is 15.7. The molecule has 0 amide bonds. The number of hydrogen-bond acceptors (Lipinski definition) is 7. The second kappa shape index (κ2) is 5.24. The van der Waals surface area contributed by atoms with Gasteiger partial charge in [-0.25, -0.2) is 0 Å². The summed E-state index contributed by atoms with van der Waals surface area (Å²) in [4.78, 5) is 9.09. The minimum Gasteiger partial charge on any atom is -0.423 e. The molecule has 6 nitrogen and oxygen atoms in total. The van der Waals surface area contributed by atoms with Crippen molar-refractivity contribution < 1.29 is 4.42 Å². The van der Waals surface area contributed by atoms with Gasteiger partial charge in [0.25, 0.3) is 6.01 Å². The topological polar surface area (TPSA) is 58.3 Å². The molecule has 0 spiro atoms. The summed E-state index contributed by atoms with van der Waals surface area (Å²) in [7, 11) is 0. The summed E-state index contributed by atoms with van der Waals surface area (Å²) in [6.07, 6.45) is 0. The lowest BCUT2D eigenvalue weighted by molar-refractivity contribution is 0.540. The Kier molecular flexibility index (Phi) is 3.22. The number of nitrogens with zero attached hydrogens (tertiary/aromatic N) is 5. The summed E-state index contributed by atoms with van der Waals surface area (Å²) in [5, 5.41) is 10.3. The fourth-order valence-corrected chi connectivity index (χ4v) is 3.45. The Morgan fingerprint density at radius 2 is 1.82 bits per heavy atom. The third kappa shape index (κ3) is 2.31. The van der Waals surface area contributed by atoms with Crippen LogP contribution in [0.5, 0.6) is 0 Å². The zero-order valence-electron chi connectivity index (χ0n) is 12.6. The highest BCUT2D eigenvalue weighted by molar-refractivity contribution is 7.15. The van der Waals surface area contributed by atoms with Crippen LogP contribution >= 0.6 is 11.3 Å². The summed E-state index contributed by atoms with van der Waals surface area (Å²) in [5.74, 6) is 0. The van der Waals surface area contributed by atoms with Crippen LogP contribution in [0.4, 0.5) is 11.1 Å². The van der Waals surface area contributed by atoms with E-state index in [4.69, 9.17) is 4.42 Å². The van der Waals surface area contributed by atoms with E-state index in [0.717, 1.165) is 59.0 Å². The van der Waals surface area contributed by atoms with E-state index < -0.39 is 0 Å². The maximum atomic E-state index is 5.95. The summed E-state index contributed by atoms with van der Waals surface area (Å²) >= 11 is 1.64. The van der Waals surface area contributed by atoms with Crippen LogP contribution in [0.25, 0.3) is 11.1 Å². The number of benzene rings is 1. The molecule has 1 saturated heterocycles. The number of para-hydroxylation sites is 1. The quantitative estimate of drug-likeness (QED) is 0.724. The van der Waals surface area contributed by atoms with Gasteiger partial charge >= 0.3 is 0 Å². The second-order valence-electron chi connectivity index (χ2n) is 5.50. The zero-order chi connectivity index (χ0) is 15.1. The lowest BCUT2D eigenvalue weighted by Crippen LogP contribution is -2.46. The molecule has 0 saturated carbocycles. The van der Waals surface area contributed by atoms with Crippen LogP contribution < -0.4 is 9.80 Å². The Labute approximate surface area is 132 Å². The maximum absolute atomic E-state index is 5.95. The van der Waals surface area contributed by atoms with Crippen molar-refractivity contribution in [2.24, 2.45) is 0 Å². The first-order valence-electron chi connectivity index (χ1n) is 7.37. The lowest BCUT2D eigenvalue weighted by Gasteiger charge is -2.33. The highest BCUT2D eigenvalue weighted by Gasteiger charge is 2.23. The summed E-state index contributed by atoms with van der Waals surface area (Å²) in [5.41, 5.74) is 2.94. The molecule has 114 valence electrons. The third-order valence-electron chi connectivity index (χ3n) is 3.94. The van der Waals surface area contributed by atoms with Gasteiger partial charge in [-0.3, -0.25) is 0 Å². The van der Waals surface area contributed by atoms with E-state index in [2.05, 4.69) is 25.0 Å². The van der Waals surface area contributed by atoms with Crippen molar-refractivity contribution in [2.75, 3.05) is 36.0 Å². The van der Waals surface area contributed by atoms with Crippen molar-refractivity contribution in [1.82, 2.24) is 15.2 Å². The number of oxazole rings is 1. The molecule has 0 unspecified atom stereocenters. The number of anilines is 2. The lowest BCUT2D eigenvalue weighted by atomic mass is 10.2. The number of piperazine rings is 1. The van der Waals surface area contributed by atoms with Crippen molar-refractivity contribution in [3.63, 3.8) is 0 Å². The molecule has 22 heavy (non-hydrogen) atoms. The fraction of sp³-hybridized carbons (Fsp3) is 0.400. The monoisotopic (exact) mass is 315 g/mol. The van der Waals surface area contributed by atoms with E-state index in [1.54, 1.807) is 11.3 Å². The molecule has 1 aliphatic rings. The predicted octanol–water partition coefficient (Wildman–Crippen LogP) is 2.62. The van der Waals surface area contributed by atoms with E-state index >= 15 is 0 Å². The van der Waals surface area contributed by atoms with Gasteiger partial charge in [0, 0.05) is 26.2 Å². The van der Waals surface area contributed by atoms with Crippen LogP contribution in [-0.2, 0) is 0 Å². The molecule has 3 aromatic rings. The highest BCUT2D eigenvalue weighted by atomic mass is 32.1. The van der Waals surface area contributed by atoms with Crippen molar-refractivity contribution in [2.45, 2.75) is 13.8 Å². The summed E-state index contributed by atoms with van der Waals surface area (Å²) in [6, 6.07) is 6.78. The number of aromatic nitrogens is 3. The smallest absolute Gasteiger partial charge is 0.298 e. The van der Waals surface area contributed by atoms with Crippen molar-refractivity contribution in [3.8, 4) is 0 Å². The van der Waals surface area contributed by atoms with Gasteiger partial charge in [-0.1, -0.05) is 23.5 Å². The van der Waals surface area contributed by atoms with Gasteiger partial charge in [0.1, 0.15) is 10.5 Å². The van der Waals surface area contributed by atoms with Gasteiger partial charge in [-0.2, -0.15) is 4.98 Å². The SMILES string of the molecule is Cc1nnc(N2CCN(c3nc4cccc(C)c4o3)CC2)s1. The van der Waals surface area contributed by atoms with Crippen molar-refractivity contribution in [1.29, 1.82) is 0 Å². The molecular formula is C15H17N5OS. The Morgan fingerprint density at radius 1 is 1.05 bits per heavy atom. The first kappa shape index (κ1) is 13.5. The van der Waals surface area contributed by atoms with Gasteiger partial charge in [0.05, 0.1) is 0 Å². The van der Waals surface area contributed by atoms with Crippen LogP contribution in [0.3, 0.4) is 0 Å². The van der Waals surface area contributed by atoms with Crippen molar-refractivity contribution >= 4 is 33.6 Å². The third-order valence-corrected chi connectivity index (χ3v) is 4.84. The Hall–Kier alpha value is -2.15. The standard InChI is InChI=1S/C15H17N5OS/c1-10-4-3-5-12-13(10)21-14(16-12)19-6-8-20(9-7-19)15-18-17-11(2)22-15/h3-5H,6-9H2,1-2H3. The molecule has 4 rings (SSSR count). The van der Waals surface area contributed by atoms with Gasteiger partial charge < -0.3 is 14.2 Å². The molecule has 1 fully saturated rings. The number of hydrogen-bond donors (Lipinski definition) is 0. The van der Waals surface area contributed by atoms with Gasteiger partial charge in [-0.15, -0.1) is 10.2 Å². The first-order chi connectivity index (χ1) is 10.7. The fourth-order valence-electron chi connectivity index (χ4n) is 2.71. The van der Waals surface area contributed by atoms with Crippen molar-refractivity contribution in [3.05, 3.63) is 28.8 Å². The summed E-state index contributed by atoms with van der Waals surface area (Å²) < 4.78 is 5.95. The van der Waals surface area contributed by atoms with E-state index in [1.807, 2.05) is 32.0 Å². The van der Waals surface area contributed by atoms with Gasteiger partial charge in [0.2, 0.25) is 5.13 Å². The van der Waals surface area contributed by atoms with Gasteiger partial charge in [0.15, 0.2) is 5.58 Å². The van der Waals surface area contributed by atoms with Crippen LogP contribution in [0.2, 0.25) is 0 Å². The van der Waals surface area contributed by atoms with E-state index in [0.29, 0.717) is 0 Å². The molecule has 0 radical (unpaired) electrons. The average Bonchev–Trinajstić information content (AvgIpc) is 3.15.